The summed E-state index contributed by atoms with van der Waals surface area (Å²) in [6, 6.07) is 38.0. The van der Waals surface area contributed by atoms with E-state index in [0.717, 1.165) is 62.6 Å². The summed E-state index contributed by atoms with van der Waals surface area (Å²) in [7, 11) is -3.99. The van der Waals surface area contributed by atoms with Crippen molar-refractivity contribution in [2.45, 2.75) is 11.8 Å². The van der Waals surface area contributed by atoms with Crippen molar-refractivity contribution >= 4 is 103 Å². The Bertz CT molecular complexity index is 2510. The third-order valence-corrected chi connectivity index (χ3v) is 11.2. The van der Waals surface area contributed by atoms with Crippen LogP contribution in [0, 0.1) is 10.5 Å². The first kappa shape index (κ1) is 26.0. The average molecular weight is 741 g/mol. The minimum Gasteiger partial charge on any atom is -0.306 e. The Kier molecular flexibility index (Phi) is 5.83. The van der Waals surface area contributed by atoms with Crippen LogP contribution in [0.5, 0.6) is 0 Å². The number of fused-ring (bicyclic) bond motifs is 8. The van der Waals surface area contributed by atoms with Gasteiger partial charge >= 0.3 is 0 Å². The number of para-hydroxylation sites is 2. The molecule has 0 spiro atoms. The van der Waals surface area contributed by atoms with Crippen LogP contribution in [0.2, 0.25) is 0 Å². The number of aryl methyl sites for hydroxylation is 1. The van der Waals surface area contributed by atoms with Crippen molar-refractivity contribution in [1.82, 2.24) is 8.54 Å². The summed E-state index contributed by atoms with van der Waals surface area (Å²) in [5.74, 6) is 0. The Morgan fingerprint density at radius 2 is 1.38 bits per heavy atom. The third-order valence-electron chi connectivity index (χ3n) is 8.10. The van der Waals surface area contributed by atoms with E-state index >= 15 is 0 Å². The molecule has 204 valence electrons. The lowest BCUT2D eigenvalue weighted by Gasteiger charge is -2.16. The maximum absolute atomic E-state index is 14.7. The lowest BCUT2D eigenvalue weighted by molar-refractivity contribution is 0.590. The van der Waals surface area contributed by atoms with Crippen LogP contribution in [-0.2, 0) is 10.0 Å². The van der Waals surface area contributed by atoms with Gasteiger partial charge in [-0.3, -0.25) is 0 Å². The largest absolute Gasteiger partial charge is 0.306 e. The Morgan fingerprint density at radius 1 is 0.667 bits per heavy atom. The summed E-state index contributed by atoms with van der Waals surface area (Å²) in [4.78, 5) is 0.255. The SMILES string of the molecule is Cc1ccc(S(=O)(=O)n2c3ccc(Br)cc3c3c4ccccc4cc(-n4c5ccccc5c5cccc(I)c54)c32)cc1. The highest BCUT2D eigenvalue weighted by atomic mass is 127. The van der Waals surface area contributed by atoms with Gasteiger partial charge in [0.05, 0.1) is 32.6 Å². The van der Waals surface area contributed by atoms with Crippen LogP contribution in [0.4, 0.5) is 0 Å². The van der Waals surface area contributed by atoms with Gasteiger partial charge in [0.15, 0.2) is 0 Å². The second-order valence-electron chi connectivity index (χ2n) is 10.6. The molecule has 0 aliphatic carbocycles. The summed E-state index contributed by atoms with van der Waals surface area (Å²) in [5.41, 5.74) is 5.21. The maximum atomic E-state index is 14.7. The average Bonchev–Trinajstić information content (AvgIpc) is 3.52. The highest BCUT2D eigenvalue weighted by molar-refractivity contribution is 14.1. The molecule has 2 aromatic heterocycles. The molecule has 0 radical (unpaired) electrons. The minimum atomic E-state index is -3.99. The van der Waals surface area contributed by atoms with E-state index in [4.69, 9.17) is 0 Å². The molecule has 0 bridgehead atoms. The first-order valence-corrected chi connectivity index (χ1v) is 16.8. The van der Waals surface area contributed by atoms with Gasteiger partial charge in [-0.05, 0) is 88.8 Å². The lowest BCUT2D eigenvalue weighted by Crippen LogP contribution is -2.14. The van der Waals surface area contributed by atoms with Crippen LogP contribution >= 0.6 is 38.5 Å². The molecule has 0 atom stereocenters. The molecule has 8 aromatic rings. The van der Waals surface area contributed by atoms with Crippen LogP contribution in [0.25, 0.3) is 60.1 Å². The van der Waals surface area contributed by atoms with E-state index in [-0.39, 0.29) is 4.90 Å². The van der Waals surface area contributed by atoms with E-state index in [1.165, 1.54) is 0 Å². The van der Waals surface area contributed by atoms with Gasteiger partial charge in [0.1, 0.15) is 0 Å². The number of benzene rings is 6. The normalized spacial score (nSPS) is 12.4. The van der Waals surface area contributed by atoms with Gasteiger partial charge in [0.2, 0.25) is 0 Å². The Labute approximate surface area is 264 Å². The summed E-state index contributed by atoms with van der Waals surface area (Å²) in [6.07, 6.45) is 0. The molecule has 0 saturated carbocycles. The fraction of sp³-hybridized carbons (Fsp3) is 0.0286. The number of aromatic nitrogens is 2. The zero-order valence-corrected chi connectivity index (χ0v) is 26.9. The van der Waals surface area contributed by atoms with Gasteiger partial charge in [0, 0.05) is 29.6 Å². The first-order valence-electron chi connectivity index (χ1n) is 13.5. The van der Waals surface area contributed by atoms with Crippen molar-refractivity contribution in [2.75, 3.05) is 0 Å². The molecule has 2 heterocycles. The third kappa shape index (κ3) is 3.66. The van der Waals surface area contributed by atoms with E-state index in [1.807, 2.05) is 55.5 Å². The Morgan fingerprint density at radius 3 is 2.19 bits per heavy atom. The highest BCUT2D eigenvalue weighted by Crippen LogP contribution is 2.44. The molecule has 0 aliphatic heterocycles. The molecule has 0 N–H and O–H groups in total. The standard InChI is InChI=1S/C35H22BrIN2O2S/c1-21-13-16-24(17-14-21)42(40,41)39-31-18-15-23(36)20-28(31)33-25-8-3-2-7-22(25)19-32(35(33)39)38-30-12-5-4-9-26(30)27-10-6-11-29(37)34(27)38/h2-20H,1H3. The van der Waals surface area contributed by atoms with Gasteiger partial charge in [-0.2, -0.15) is 0 Å². The predicted molar refractivity (Wildman–Crippen MR) is 185 cm³/mol. The molecule has 4 nitrogen and oxygen atoms in total. The molecule has 0 amide bonds. The summed E-state index contributed by atoms with van der Waals surface area (Å²) in [6.45, 7) is 1.96. The van der Waals surface area contributed by atoms with Gasteiger partial charge in [-0.15, -0.1) is 0 Å². The fourth-order valence-electron chi connectivity index (χ4n) is 6.27. The quantitative estimate of drug-likeness (QED) is 0.169. The molecule has 0 unspecified atom stereocenters. The lowest BCUT2D eigenvalue weighted by atomic mass is 10.0. The van der Waals surface area contributed by atoms with E-state index in [1.54, 1.807) is 16.1 Å². The van der Waals surface area contributed by atoms with Crippen molar-refractivity contribution in [3.05, 3.63) is 129 Å². The van der Waals surface area contributed by atoms with Gasteiger partial charge < -0.3 is 4.57 Å². The van der Waals surface area contributed by atoms with E-state index in [0.29, 0.717) is 11.0 Å². The number of hydrogen-bond acceptors (Lipinski definition) is 2. The second-order valence-corrected chi connectivity index (χ2v) is 14.4. The summed E-state index contributed by atoms with van der Waals surface area (Å²) >= 11 is 6.05. The van der Waals surface area contributed by atoms with Crippen molar-refractivity contribution < 1.29 is 8.42 Å². The molecule has 0 saturated heterocycles. The predicted octanol–water partition coefficient (Wildman–Crippen LogP) is 9.96. The number of rotatable bonds is 3. The topological polar surface area (TPSA) is 44.0 Å². The molecular formula is C35H22BrIN2O2S. The molecular weight excluding hydrogens is 719 g/mol. The Balaban J connectivity index is 1.68. The van der Waals surface area contributed by atoms with Crippen molar-refractivity contribution in [2.24, 2.45) is 0 Å². The minimum absolute atomic E-state index is 0.255. The monoisotopic (exact) mass is 740 g/mol. The van der Waals surface area contributed by atoms with Crippen LogP contribution in [-0.4, -0.2) is 17.0 Å². The van der Waals surface area contributed by atoms with Crippen LogP contribution in [0.1, 0.15) is 5.56 Å². The second kappa shape index (κ2) is 9.42. The van der Waals surface area contributed by atoms with Crippen LogP contribution < -0.4 is 0 Å². The molecule has 0 fully saturated rings. The maximum Gasteiger partial charge on any atom is 0.268 e. The van der Waals surface area contributed by atoms with Crippen LogP contribution in [0.15, 0.2) is 125 Å². The van der Waals surface area contributed by atoms with E-state index in [2.05, 4.69) is 97.7 Å². The smallest absolute Gasteiger partial charge is 0.268 e. The van der Waals surface area contributed by atoms with Crippen molar-refractivity contribution in [1.29, 1.82) is 0 Å². The van der Waals surface area contributed by atoms with Gasteiger partial charge in [-0.1, -0.05) is 88.2 Å². The number of nitrogens with zero attached hydrogens (tertiary/aromatic N) is 2. The molecule has 7 heteroatoms. The molecule has 6 aromatic carbocycles. The molecule has 42 heavy (non-hydrogen) atoms. The van der Waals surface area contributed by atoms with Gasteiger partial charge in [-0.25, -0.2) is 12.4 Å². The fourth-order valence-corrected chi connectivity index (χ4v) is 8.90. The van der Waals surface area contributed by atoms with Crippen molar-refractivity contribution in [3.63, 3.8) is 0 Å². The number of hydrogen-bond donors (Lipinski definition) is 0. The number of halogens is 2. The Hall–Kier alpha value is -3.66. The first-order chi connectivity index (χ1) is 20.3. The highest BCUT2D eigenvalue weighted by Gasteiger charge is 2.28. The molecule has 8 rings (SSSR count). The zero-order valence-electron chi connectivity index (χ0n) is 22.3. The summed E-state index contributed by atoms with van der Waals surface area (Å²) < 4.78 is 35.2. The van der Waals surface area contributed by atoms with E-state index < -0.39 is 10.0 Å². The van der Waals surface area contributed by atoms with E-state index in [9.17, 15) is 8.42 Å². The van der Waals surface area contributed by atoms with Crippen LogP contribution in [0.3, 0.4) is 0 Å². The van der Waals surface area contributed by atoms with Crippen molar-refractivity contribution in [3.8, 4) is 5.69 Å². The zero-order chi connectivity index (χ0) is 28.7. The summed E-state index contributed by atoms with van der Waals surface area (Å²) in [5, 5.41) is 6.09. The van der Waals surface area contributed by atoms with Gasteiger partial charge in [0.25, 0.3) is 10.0 Å². The molecule has 0 aliphatic rings.